The molecule has 40 heavy (non-hydrogen) atoms. The lowest BCUT2D eigenvalue weighted by Gasteiger charge is -2.04. The van der Waals surface area contributed by atoms with Crippen molar-refractivity contribution in [2.75, 3.05) is 0 Å². The van der Waals surface area contributed by atoms with Crippen molar-refractivity contribution in [3.05, 3.63) is 146 Å². The Morgan fingerprint density at radius 2 is 0.600 bits per heavy atom. The van der Waals surface area contributed by atoms with Gasteiger partial charge in [0.1, 0.15) is 11.6 Å². The van der Waals surface area contributed by atoms with Crippen LogP contribution >= 0.6 is 0 Å². The number of H-pyrrole nitrogens is 2. The molecule has 0 unspecified atom stereocenters. The maximum Gasteiger partial charge on any atom is 0.137 e. The molecule has 0 aliphatic rings. The lowest BCUT2D eigenvalue weighted by molar-refractivity contribution is 1.29. The fraction of sp³-hybridized carbons (Fsp3) is 0. The van der Waals surface area contributed by atoms with Gasteiger partial charge in [-0.25, -0.2) is 9.97 Å². The molecule has 4 heteroatoms. The van der Waals surface area contributed by atoms with Crippen LogP contribution in [0.3, 0.4) is 0 Å². The van der Waals surface area contributed by atoms with E-state index in [1.807, 2.05) is 24.5 Å². The molecule has 0 saturated carbocycles. The van der Waals surface area contributed by atoms with Crippen molar-refractivity contribution >= 4 is 0 Å². The Kier molecular flexibility index (Phi) is 6.11. The molecule has 0 spiro atoms. The van der Waals surface area contributed by atoms with E-state index in [-0.39, 0.29) is 0 Å². The number of nitrogens with one attached hydrogen (secondary N) is 2. The van der Waals surface area contributed by atoms with Crippen LogP contribution in [0.15, 0.2) is 146 Å². The van der Waals surface area contributed by atoms with Crippen molar-refractivity contribution in [2.45, 2.75) is 0 Å². The second-order valence-corrected chi connectivity index (χ2v) is 9.76. The van der Waals surface area contributed by atoms with Crippen molar-refractivity contribution in [3.63, 3.8) is 0 Å². The average molecular weight is 515 g/mol. The molecule has 0 bridgehead atoms. The largest absolute Gasteiger partial charge is 0.338 e. The van der Waals surface area contributed by atoms with Crippen LogP contribution in [0.2, 0.25) is 0 Å². The second kappa shape index (κ2) is 10.4. The highest BCUT2D eigenvalue weighted by Crippen LogP contribution is 2.29. The van der Waals surface area contributed by atoms with E-state index in [1.165, 1.54) is 22.3 Å². The van der Waals surface area contributed by atoms with Crippen molar-refractivity contribution < 1.29 is 0 Å². The van der Waals surface area contributed by atoms with Gasteiger partial charge in [0, 0.05) is 11.1 Å². The highest BCUT2D eigenvalue weighted by atomic mass is 14.9. The number of aromatic amines is 2. The van der Waals surface area contributed by atoms with Gasteiger partial charge in [-0.3, -0.25) is 0 Å². The molecule has 7 rings (SSSR count). The Balaban J connectivity index is 1.06. The van der Waals surface area contributed by atoms with Gasteiger partial charge in [0.2, 0.25) is 0 Å². The lowest BCUT2D eigenvalue weighted by Crippen LogP contribution is -1.85. The van der Waals surface area contributed by atoms with Gasteiger partial charge in [0.15, 0.2) is 0 Å². The predicted molar refractivity (Wildman–Crippen MR) is 163 cm³/mol. The monoisotopic (exact) mass is 514 g/mol. The summed E-state index contributed by atoms with van der Waals surface area (Å²) in [6, 6.07) is 46.2. The van der Waals surface area contributed by atoms with Crippen molar-refractivity contribution in [1.82, 2.24) is 19.9 Å². The summed E-state index contributed by atoms with van der Waals surface area (Å²) in [4.78, 5) is 16.2. The molecular formula is C36H26N4. The number of hydrogen-bond acceptors (Lipinski definition) is 2. The summed E-state index contributed by atoms with van der Waals surface area (Å²) in [5.41, 5.74) is 11.1. The molecule has 0 aliphatic carbocycles. The number of hydrogen-bond donors (Lipinski definition) is 2. The van der Waals surface area contributed by atoms with E-state index in [0.29, 0.717) is 0 Å². The normalized spacial score (nSPS) is 11.0. The Hall–Kier alpha value is -5.48. The molecule has 0 atom stereocenters. The number of rotatable bonds is 6. The smallest absolute Gasteiger partial charge is 0.137 e. The van der Waals surface area contributed by atoms with Crippen LogP contribution in [0.25, 0.3) is 67.5 Å². The van der Waals surface area contributed by atoms with E-state index < -0.39 is 0 Å². The first-order chi connectivity index (χ1) is 19.8. The molecule has 2 N–H and O–H groups in total. The third-order valence-electron chi connectivity index (χ3n) is 7.19. The highest BCUT2D eigenvalue weighted by molar-refractivity contribution is 5.72. The Labute approximate surface area is 233 Å². The third-order valence-corrected chi connectivity index (χ3v) is 7.19. The van der Waals surface area contributed by atoms with E-state index in [9.17, 15) is 0 Å². The van der Waals surface area contributed by atoms with Gasteiger partial charge in [-0.15, -0.1) is 0 Å². The Morgan fingerprint density at radius 3 is 0.975 bits per heavy atom. The molecule has 2 aromatic heterocycles. The fourth-order valence-electron chi connectivity index (χ4n) is 4.96. The zero-order valence-electron chi connectivity index (χ0n) is 21.8. The molecule has 0 amide bonds. The van der Waals surface area contributed by atoms with Crippen LogP contribution in [0.5, 0.6) is 0 Å². The van der Waals surface area contributed by atoms with Crippen LogP contribution in [0.4, 0.5) is 0 Å². The van der Waals surface area contributed by atoms with Gasteiger partial charge in [-0.1, -0.05) is 133 Å². The molecule has 2 heterocycles. The summed E-state index contributed by atoms with van der Waals surface area (Å²) in [6.45, 7) is 0. The molecule has 5 aromatic carbocycles. The van der Waals surface area contributed by atoms with Crippen LogP contribution in [0.1, 0.15) is 0 Å². The number of nitrogens with zero attached hydrogens (tertiary/aromatic N) is 2. The molecular weight excluding hydrogens is 488 g/mol. The molecule has 190 valence electrons. The zero-order chi connectivity index (χ0) is 26.7. The Bertz CT molecular complexity index is 1710. The third kappa shape index (κ3) is 4.74. The SMILES string of the molecule is c1ccc(-c2ccc(-c3cnc(-c4ccc(-c5ncc(-c6ccc(-c7ccccc7)cc6)[nH]5)cc4)[nH]3)cc2)cc1. The molecule has 7 aromatic rings. The van der Waals surface area contributed by atoms with E-state index in [2.05, 4.69) is 141 Å². The van der Waals surface area contributed by atoms with Gasteiger partial charge in [-0.2, -0.15) is 0 Å². The highest BCUT2D eigenvalue weighted by Gasteiger charge is 2.09. The predicted octanol–water partition coefficient (Wildman–Crippen LogP) is 9.13. The van der Waals surface area contributed by atoms with E-state index in [4.69, 9.17) is 0 Å². The van der Waals surface area contributed by atoms with Gasteiger partial charge >= 0.3 is 0 Å². The molecule has 0 aliphatic heterocycles. The summed E-state index contributed by atoms with van der Waals surface area (Å²) < 4.78 is 0. The summed E-state index contributed by atoms with van der Waals surface area (Å²) in [7, 11) is 0. The first kappa shape index (κ1) is 23.6. The van der Waals surface area contributed by atoms with Gasteiger partial charge in [0.25, 0.3) is 0 Å². The minimum Gasteiger partial charge on any atom is -0.338 e. The van der Waals surface area contributed by atoms with Crippen LogP contribution in [-0.2, 0) is 0 Å². The standard InChI is InChI=1S/C36H26N4/c1-3-7-25(8-4-1)27-11-15-29(16-12-27)33-23-37-35(39-33)31-19-21-32(22-20-31)36-38-24-34(40-36)30-17-13-28(14-18-30)26-9-5-2-6-10-26/h1-24H,(H,37,39)(H,38,40). The van der Waals surface area contributed by atoms with Crippen LogP contribution in [0, 0.1) is 0 Å². The topological polar surface area (TPSA) is 57.4 Å². The number of benzene rings is 5. The second-order valence-electron chi connectivity index (χ2n) is 9.76. The van der Waals surface area contributed by atoms with Gasteiger partial charge in [0.05, 0.1) is 23.8 Å². The molecule has 0 saturated heterocycles. The van der Waals surface area contributed by atoms with Crippen LogP contribution < -0.4 is 0 Å². The summed E-state index contributed by atoms with van der Waals surface area (Å²) in [5, 5.41) is 0. The van der Waals surface area contributed by atoms with Gasteiger partial charge < -0.3 is 9.97 Å². The molecule has 4 nitrogen and oxygen atoms in total. The maximum atomic E-state index is 4.64. The van der Waals surface area contributed by atoms with E-state index >= 15 is 0 Å². The van der Waals surface area contributed by atoms with Crippen molar-refractivity contribution in [3.8, 4) is 67.5 Å². The maximum absolute atomic E-state index is 4.64. The van der Waals surface area contributed by atoms with Crippen molar-refractivity contribution in [1.29, 1.82) is 0 Å². The fourth-order valence-corrected chi connectivity index (χ4v) is 4.96. The molecule has 0 fully saturated rings. The van der Waals surface area contributed by atoms with Crippen molar-refractivity contribution in [2.24, 2.45) is 0 Å². The zero-order valence-corrected chi connectivity index (χ0v) is 21.8. The summed E-state index contributed by atoms with van der Waals surface area (Å²) in [6.07, 6.45) is 3.78. The lowest BCUT2D eigenvalue weighted by atomic mass is 10.0. The van der Waals surface area contributed by atoms with E-state index in [0.717, 1.165) is 45.3 Å². The number of imidazole rings is 2. The van der Waals surface area contributed by atoms with E-state index in [1.54, 1.807) is 0 Å². The summed E-state index contributed by atoms with van der Waals surface area (Å²) in [5.74, 6) is 1.68. The minimum atomic E-state index is 0.840. The van der Waals surface area contributed by atoms with Gasteiger partial charge in [-0.05, 0) is 33.4 Å². The Morgan fingerprint density at radius 1 is 0.300 bits per heavy atom. The van der Waals surface area contributed by atoms with Crippen LogP contribution in [-0.4, -0.2) is 19.9 Å². The minimum absolute atomic E-state index is 0.840. The summed E-state index contributed by atoms with van der Waals surface area (Å²) >= 11 is 0. The average Bonchev–Trinajstić information content (AvgIpc) is 3.74. The molecule has 0 radical (unpaired) electrons. The quantitative estimate of drug-likeness (QED) is 0.232. The first-order valence-electron chi connectivity index (χ1n) is 13.3. The number of aromatic nitrogens is 4. The first-order valence-corrected chi connectivity index (χ1v) is 13.3.